The lowest BCUT2D eigenvalue weighted by Crippen LogP contribution is -2.53. The van der Waals surface area contributed by atoms with Crippen LogP contribution in [0.4, 0.5) is 0 Å². The molecule has 2 fully saturated rings. The van der Waals surface area contributed by atoms with Gasteiger partial charge < -0.3 is 4.90 Å². The number of piperidine rings is 1. The molecule has 1 amide bonds. The maximum Gasteiger partial charge on any atom is 0.238 e. The molecule has 0 aromatic carbocycles. The van der Waals surface area contributed by atoms with Crippen molar-refractivity contribution in [3.63, 3.8) is 0 Å². The van der Waals surface area contributed by atoms with Crippen LogP contribution >= 0.6 is 0 Å². The minimum atomic E-state index is -3.44. The summed E-state index contributed by atoms with van der Waals surface area (Å²) in [5.41, 5.74) is 0. The number of likely N-dealkylation sites (tertiary alicyclic amines) is 1. The number of hydrogen-bond donors (Lipinski definition) is 0. The molecule has 2 aliphatic rings. The SMILES string of the molecule is C#CCN(CC(=O)N1CCC[C@H]2CCCC[C@@H]21)S(=O)(=O)CC. The van der Waals surface area contributed by atoms with Crippen molar-refractivity contribution in [3.05, 3.63) is 0 Å². The van der Waals surface area contributed by atoms with Crippen molar-refractivity contribution >= 4 is 15.9 Å². The van der Waals surface area contributed by atoms with E-state index in [2.05, 4.69) is 5.92 Å². The molecular formula is C16H26N2O3S. The van der Waals surface area contributed by atoms with Gasteiger partial charge in [0.25, 0.3) is 0 Å². The Morgan fingerprint density at radius 3 is 2.64 bits per heavy atom. The molecule has 1 saturated carbocycles. The first kappa shape index (κ1) is 17.3. The van der Waals surface area contributed by atoms with Crippen molar-refractivity contribution in [2.24, 2.45) is 5.92 Å². The van der Waals surface area contributed by atoms with Gasteiger partial charge in [-0.1, -0.05) is 18.8 Å². The first-order chi connectivity index (χ1) is 10.5. The summed E-state index contributed by atoms with van der Waals surface area (Å²) in [6.07, 6.45) is 12.1. The Bertz CT molecular complexity index is 536. The van der Waals surface area contributed by atoms with Crippen molar-refractivity contribution in [2.75, 3.05) is 25.4 Å². The fraction of sp³-hybridized carbons (Fsp3) is 0.812. The third kappa shape index (κ3) is 3.82. The van der Waals surface area contributed by atoms with Gasteiger partial charge in [-0.15, -0.1) is 6.42 Å². The molecule has 1 aliphatic carbocycles. The molecule has 124 valence electrons. The molecule has 1 aliphatic heterocycles. The lowest BCUT2D eigenvalue weighted by Gasteiger charge is -2.44. The summed E-state index contributed by atoms with van der Waals surface area (Å²) in [6, 6.07) is 0.298. The van der Waals surface area contributed by atoms with Crippen molar-refractivity contribution in [2.45, 2.75) is 51.5 Å². The Balaban J connectivity index is 2.07. The van der Waals surface area contributed by atoms with Gasteiger partial charge in [-0.2, -0.15) is 4.31 Å². The van der Waals surface area contributed by atoms with E-state index in [9.17, 15) is 13.2 Å². The van der Waals surface area contributed by atoms with Crippen molar-refractivity contribution < 1.29 is 13.2 Å². The Labute approximate surface area is 134 Å². The van der Waals surface area contributed by atoms with Gasteiger partial charge >= 0.3 is 0 Å². The first-order valence-electron chi connectivity index (χ1n) is 8.20. The molecule has 0 bridgehead atoms. The molecule has 0 aromatic heterocycles. The van der Waals surface area contributed by atoms with Crippen molar-refractivity contribution in [1.29, 1.82) is 0 Å². The second-order valence-electron chi connectivity index (χ2n) is 6.21. The average molecular weight is 326 g/mol. The normalized spacial score (nSPS) is 25.6. The second-order valence-corrected chi connectivity index (χ2v) is 8.47. The molecule has 1 heterocycles. The molecule has 0 N–H and O–H groups in total. The Hall–Kier alpha value is -1.06. The largest absolute Gasteiger partial charge is 0.338 e. The van der Waals surface area contributed by atoms with Crippen LogP contribution in [0.5, 0.6) is 0 Å². The van der Waals surface area contributed by atoms with Crippen molar-refractivity contribution in [1.82, 2.24) is 9.21 Å². The van der Waals surface area contributed by atoms with E-state index in [4.69, 9.17) is 6.42 Å². The number of nitrogens with zero attached hydrogens (tertiary/aromatic N) is 2. The molecule has 0 unspecified atom stereocenters. The summed E-state index contributed by atoms with van der Waals surface area (Å²) in [5.74, 6) is 2.81. The second kappa shape index (κ2) is 7.47. The summed E-state index contributed by atoms with van der Waals surface area (Å²) in [6.45, 7) is 2.16. The minimum Gasteiger partial charge on any atom is -0.338 e. The van der Waals surface area contributed by atoms with Crippen molar-refractivity contribution in [3.8, 4) is 12.3 Å². The number of fused-ring (bicyclic) bond motifs is 1. The van der Waals surface area contributed by atoms with E-state index in [0.29, 0.717) is 12.0 Å². The van der Waals surface area contributed by atoms with Crippen LogP contribution in [0, 0.1) is 18.3 Å². The van der Waals surface area contributed by atoms with Crippen LogP contribution in [0.1, 0.15) is 45.4 Å². The summed E-state index contributed by atoms with van der Waals surface area (Å²) in [5, 5.41) is 0. The number of terminal acetylenes is 1. The predicted molar refractivity (Wildman–Crippen MR) is 86.6 cm³/mol. The third-order valence-electron chi connectivity index (χ3n) is 4.90. The zero-order chi connectivity index (χ0) is 16.2. The van der Waals surface area contributed by atoms with Gasteiger partial charge in [0.1, 0.15) is 0 Å². The molecular weight excluding hydrogens is 300 g/mol. The predicted octanol–water partition coefficient (Wildman–Crippen LogP) is 1.45. The third-order valence-corrected chi connectivity index (χ3v) is 6.68. The zero-order valence-corrected chi connectivity index (χ0v) is 14.1. The number of rotatable bonds is 5. The maximum atomic E-state index is 12.7. The van der Waals surface area contributed by atoms with E-state index >= 15 is 0 Å². The van der Waals surface area contributed by atoms with E-state index in [1.807, 2.05) is 4.90 Å². The quantitative estimate of drug-likeness (QED) is 0.719. The molecule has 0 spiro atoms. The summed E-state index contributed by atoms with van der Waals surface area (Å²) in [4.78, 5) is 14.6. The van der Waals surface area contributed by atoms with E-state index in [0.717, 1.165) is 30.1 Å². The number of sulfonamides is 1. The molecule has 6 heteroatoms. The van der Waals surface area contributed by atoms with Crippen LogP contribution in [-0.4, -0.2) is 55.0 Å². The van der Waals surface area contributed by atoms with E-state index in [1.165, 1.54) is 19.3 Å². The fourth-order valence-corrected chi connectivity index (χ4v) is 4.66. The number of carbonyl (C=O) groups excluding carboxylic acids is 1. The van der Waals surface area contributed by atoms with Gasteiger partial charge in [0.05, 0.1) is 18.8 Å². The molecule has 2 atom stereocenters. The van der Waals surface area contributed by atoms with Gasteiger partial charge in [-0.25, -0.2) is 8.42 Å². The van der Waals surface area contributed by atoms with Gasteiger partial charge in [-0.3, -0.25) is 4.79 Å². The fourth-order valence-electron chi connectivity index (χ4n) is 3.71. The lowest BCUT2D eigenvalue weighted by molar-refractivity contribution is -0.137. The Morgan fingerprint density at radius 1 is 1.27 bits per heavy atom. The number of hydrogen-bond acceptors (Lipinski definition) is 3. The van der Waals surface area contributed by atoms with Crippen LogP contribution in [0.3, 0.4) is 0 Å². The summed E-state index contributed by atoms with van der Waals surface area (Å²) in [7, 11) is -3.44. The zero-order valence-electron chi connectivity index (χ0n) is 13.3. The number of carbonyl (C=O) groups is 1. The average Bonchev–Trinajstić information content (AvgIpc) is 2.53. The highest BCUT2D eigenvalue weighted by molar-refractivity contribution is 7.89. The van der Waals surface area contributed by atoms with Gasteiger partial charge in [0, 0.05) is 12.6 Å². The molecule has 1 saturated heterocycles. The lowest BCUT2D eigenvalue weighted by atomic mass is 9.78. The molecule has 2 rings (SSSR count). The highest BCUT2D eigenvalue weighted by atomic mass is 32.2. The monoisotopic (exact) mass is 326 g/mol. The number of amides is 1. The van der Waals surface area contributed by atoms with Crippen LogP contribution in [0.2, 0.25) is 0 Å². The van der Waals surface area contributed by atoms with Crippen LogP contribution in [0.25, 0.3) is 0 Å². The van der Waals surface area contributed by atoms with Gasteiger partial charge in [0.2, 0.25) is 15.9 Å². The van der Waals surface area contributed by atoms with Crippen LogP contribution in [-0.2, 0) is 14.8 Å². The smallest absolute Gasteiger partial charge is 0.238 e. The first-order valence-corrected chi connectivity index (χ1v) is 9.81. The minimum absolute atomic E-state index is 0.0337. The van der Waals surface area contributed by atoms with E-state index in [1.54, 1.807) is 6.92 Å². The maximum absolute atomic E-state index is 12.7. The van der Waals surface area contributed by atoms with Crippen LogP contribution in [0.15, 0.2) is 0 Å². The Morgan fingerprint density at radius 2 is 1.95 bits per heavy atom. The van der Waals surface area contributed by atoms with Gasteiger partial charge in [0.15, 0.2) is 0 Å². The highest BCUT2D eigenvalue weighted by Gasteiger charge is 2.36. The van der Waals surface area contributed by atoms with Crippen LogP contribution < -0.4 is 0 Å². The summed E-state index contributed by atoms with van der Waals surface area (Å²) < 4.78 is 25.2. The highest BCUT2D eigenvalue weighted by Crippen LogP contribution is 2.35. The van der Waals surface area contributed by atoms with E-state index < -0.39 is 10.0 Å². The molecule has 5 nitrogen and oxygen atoms in total. The topological polar surface area (TPSA) is 57.7 Å². The summed E-state index contributed by atoms with van der Waals surface area (Å²) >= 11 is 0. The molecule has 0 aromatic rings. The Kier molecular flexibility index (Phi) is 5.87. The van der Waals surface area contributed by atoms with Gasteiger partial charge in [-0.05, 0) is 38.5 Å². The molecule has 22 heavy (non-hydrogen) atoms. The van der Waals surface area contributed by atoms with E-state index in [-0.39, 0.29) is 24.7 Å². The standard InChI is InChI=1S/C16H26N2O3S/c1-3-11-17(22(20,21)4-2)13-16(19)18-12-7-9-14-8-5-6-10-15(14)18/h1,14-15H,4-13H2,2H3/t14-,15+/m1/s1. The molecule has 0 radical (unpaired) electrons.